The number of hydrogen-bond acceptors (Lipinski definition) is 3. The van der Waals surface area contributed by atoms with Gasteiger partial charge in [0.15, 0.2) is 0 Å². The Balaban J connectivity index is 1.69. The van der Waals surface area contributed by atoms with Crippen LogP contribution >= 0.6 is 0 Å². The Labute approximate surface area is 121 Å². The number of aliphatic hydroxyl groups excluding tert-OH is 1. The molecule has 0 bridgehead atoms. The molecule has 110 valence electrons. The van der Waals surface area contributed by atoms with Crippen molar-refractivity contribution in [3.63, 3.8) is 0 Å². The van der Waals surface area contributed by atoms with E-state index in [9.17, 15) is 4.79 Å². The van der Waals surface area contributed by atoms with E-state index in [4.69, 9.17) is 5.11 Å². The van der Waals surface area contributed by atoms with Gasteiger partial charge in [-0.25, -0.2) is 0 Å². The summed E-state index contributed by atoms with van der Waals surface area (Å²) in [5.74, 6) is -0.149. The Morgan fingerprint density at radius 1 is 1.20 bits per heavy atom. The van der Waals surface area contributed by atoms with E-state index >= 15 is 0 Å². The van der Waals surface area contributed by atoms with Gasteiger partial charge < -0.3 is 10.0 Å². The lowest BCUT2D eigenvalue weighted by atomic mass is 10.0. The van der Waals surface area contributed by atoms with E-state index in [1.807, 2.05) is 0 Å². The molecule has 2 rings (SSSR count). The lowest BCUT2D eigenvalue weighted by Crippen LogP contribution is -2.49. The minimum absolute atomic E-state index is 0.149. The summed E-state index contributed by atoms with van der Waals surface area (Å²) in [7, 11) is 0. The van der Waals surface area contributed by atoms with Crippen molar-refractivity contribution in [2.45, 2.75) is 19.8 Å². The highest BCUT2D eigenvalue weighted by Crippen LogP contribution is 2.10. The third-order valence-corrected chi connectivity index (χ3v) is 4.04. The normalized spacial score (nSPS) is 16.4. The summed E-state index contributed by atoms with van der Waals surface area (Å²) >= 11 is 0. The Kier molecular flexibility index (Phi) is 5.56. The van der Waals surface area contributed by atoms with Crippen molar-refractivity contribution in [3.05, 3.63) is 35.4 Å². The molecule has 1 aliphatic rings. The first-order chi connectivity index (χ1) is 9.70. The zero-order valence-corrected chi connectivity index (χ0v) is 12.2. The second-order valence-electron chi connectivity index (χ2n) is 5.41. The van der Waals surface area contributed by atoms with E-state index in [0.717, 1.165) is 45.6 Å². The molecule has 1 amide bonds. The van der Waals surface area contributed by atoms with E-state index in [-0.39, 0.29) is 12.5 Å². The number of nitrogens with zero attached hydrogens (tertiary/aromatic N) is 2. The Bertz CT molecular complexity index is 440. The zero-order chi connectivity index (χ0) is 14.4. The van der Waals surface area contributed by atoms with Gasteiger partial charge in [-0.15, -0.1) is 0 Å². The van der Waals surface area contributed by atoms with Gasteiger partial charge >= 0.3 is 0 Å². The summed E-state index contributed by atoms with van der Waals surface area (Å²) in [5.41, 5.74) is 2.80. The smallest absolute Gasteiger partial charge is 0.248 e. The Morgan fingerprint density at radius 3 is 2.55 bits per heavy atom. The standard InChI is InChI=1S/C16H24N2O2/c1-14-5-2-3-6-15(14)7-4-8-17-9-11-18(12-10-17)16(20)13-19/h2-3,5-6,19H,4,7-13H2,1H3. The van der Waals surface area contributed by atoms with Gasteiger partial charge in [0.05, 0.1) is 0 Å². The first kappa shape index (κ1) is 15.0. The molecular formula is C16H24N2O2. The third kappa shape index (κ3) is 4.05. The van der Waals surface area contributed by atoms with Crippen molar-refractivity contribution in [2.75, 3.05) is 39.3 Å². The SMILES string of the molecule is Cc1ccccc1CCCN1CCN(C(=O)CO)CC1. The van der Waals surface area contributed by atoms with Gasteiger partial charge in [-0.05, 0) is 37.4 Å². The van der Waals surface area contributed by atoms with Crippen molar-refractivity contribution >= 4 is 5.91 Å². The van der Waals surface area contributed by atoms with E-state index in [0.29, 0.717) is 0 Å². The molecule has 1 aromatic rings. The number of aliphatic hydroxyl groups is 1. The number of benzene rings is 1. The highest BCUT2D eigenvalue weighted by molar-refractivity contribution is 5.77. The predicted molar refractivity (Wildman–Crippen MR) is 79.6 cm³/mol. The third-order valence-electron chi connectivity index (χ3n) is 4.04. The van der Waals surface area contributed by atoms with Crippen LogP contribution in [0, 0.1) is 6.92 Å². The molecule has 1 fully saturated rings. The van der Waals surface area contributed by atoms with E-state index < -0.39 is 0 Å². The fourth-order valence-corrected chi connectivity index (χ4v) is 2.70. The predicted octanol–water partition coefficient (Wildman–Crippen LogP) is 1.06. The van der Waals surface area contributed by atoms with Crippen LogP contribution in [-0.4, -0.2) is 60.1 Å². The van der Waals surface area contributed by atoms with Gasteiger partial charge in [0.2, 0.25) is 5.91 Å². The molecule has 0 saturated carbocycles. The molecule has 0 aliphatic carbocycles. The average molecular weight is 276 g/mol. The maximum atomic E-state index is 11.4. The van der Waals surface area contributed by atoms with E-state index in [1.54, 1.807) is 4.90 Å². The second kappa shape index (κ2) is 7.41. The highest BCUT2D eigenvalue weighted by Gasteiger charge is 2.19. The quantitative estimate of drug-likeness (QED) is 0.875. The fraction of sp³-hybridized carbons (Fsp3) is 0.562. The molecule has 1 aliphatic heterocycles. The number of hydrogen-bond donors (Lipinski definition) is 1. The van der Waals surface area contributed by atoms with Gasteiger partial charge in [-0.1, -0.05) is 24.3 Å². The lowest BCUT2D eigenvalue weighted by Gasteiger charge is -2.34. The summed E-state index contributed by atoms with van der Waals surface area (Å²) in [6.45, 7) is 6.18. The van der Waals surface area contributed by atoms with Crippen LogP contribution in [0.3, 0.4) is 0 Å². The van der Waals surface area contributed by atoms with Gasteiger partial charge in [-0.2, -0.15) is 0 Å². The number of carbonyl (C=O) groups is 1. The molecule has 0 spiro atoms. The Morgan fingerprint density at radius 2 is 1.90 bits per heavy atom. The van der Waals surface area contributed by atoms with Crippen LogP contribution in [0.5, 0.6) is 0 Å². The molecule has 0 unspecified atom stereocenters. The largest absolute Gasteiger partial charge is 0.387 e. The average Bonchev–Trinajstić information content (AvgIpc) is 2.49. The van der Waals surface area contributed by atoms with Crippen molar-refractivity contribution < 1.29 is 9.90 Å². The molecule has 20 heavy (non-hydrogen) atoms. The molecule has 4 heteroatoms. The summed E-state index contributed by atoms with van der Waals surface area (Å²) < 4.78 is 0. The molecule has 1 N–H and O–H groups in total. The summed E-state index contributed by atoms with van der Waals surface area (Å²) in [4.78, 5) is 15.5. The van der Waals surface area contributed by atoms with Gasteiger partial charge in [-0.3, -0.25) is 9.69 Å². The maximum Gasteiger partial charge on any atom is 0.248 e. The number of aryl methyl sites for hydroxylation is 2. The molecule has 0 atom stereocenters. The van der Waals surface area contributed by atoms with Crippen LogP contribution < -0.4 is 0 Å². The minimum atomic E-state index is -0.368. The number of piperazine rings is 1. The van der Waals surface area contributed by atoms with Crippen LogP contribution in [0.25, 0.3) is 0 Å². The lowest BCUT2D eigenvalue weighted by molar-refractivity contribution is -0.135. The monoisotopic (exact) mass is 276 g/mol. The molecule has 1 aromatic carbocycles. The minimum Gasteiger partial charge on any atom is -0.387 e. The topological polar surface area (TPSA) is 43.8 Å². The zero-order valence-electron chi connectivity index (χ0n) is 12.2. The number of amides is 1. The van der Waals surface area contributed by atoms with Crippen molar-refractivity contribution in [3.8, 4) is 0 Å². The van der Waals surface area contributed by atoms with Gasteiger partial charge in [0.1, 0.15) is 6.61 Å². The first-order valence-corrected chi connectivity index (χ1v) is 7.36. The highest BCUT2D eigenvalue weighted by atomic mass is 16.3. The molecule has 0 radical (unpaired) electrons. The molecule has 1 saturated heterocycles. The fourth-order valence-electron chi connectivity index (χ4n) is 2.70. The summed E-state index contributed by atoms with van der Waals surface area (Å²) in [6, 6.07) is 8.54. The Hall–Kier alpha value is -1.39. The molecule has 1 heterocycles. The first-order valence-electron chi connectivity index (χ1n) is 7.36. The number of rotatable bonds is 5. The second-order valence-corrected chi connectivity index (χ2v) is 5.41. The summed E-state index contributed by atoms with van der Waals surface area (Å²) in [5, 5.41) is 8.84. The van der Waals surface area contributed by atoms with E-state index in [1.165, 1.54) is 11.1 Å². The van der Waals surface area contributed by atoms with Gasteiger partial charge in [0, 0.05) is 26.2 Å². The number of carbonyl (C=O) groups excluding carboxylic acids is 1. The maximum absolute atomic E-state index is 11.4. The molecule has 0 aromatic heterocycles. The van der Waals surface area contributed by atoms with Crippen LogP contribution in [0.4, 0.5) is 0 Å². The van der Waals surface area contributed by atoms with Crippen molar-refractivity contribution in [2.24, 2.45) is 0 Å². The van der Waals surface area contributed by atoms with Gasteiger partial charge in [0.25, 0.3) is 0 Å². The van der Waals surface area contributed by atoms with Crippen LogP contribution in [0.1, 0.15) is 17.5 Å². The van der Waals surface area contributed by atoms with Crippen molar-refractivity contribution in [1.82, 2.24) is 9.80 Å². The van der Waals surface area contributed by atoms with Crippen LogP contribution in [0.15, 0.2) is 24.3 Å². The van der Waals surface area contributed by atoms with Crippen LogP contribution in [0.2, 0.25) is 0 Å². The summed E-state index contributed by atoms with van der Waals surface area (Å²) in [6.07, 6.45) is 2.27. The van der Waals surface area contributed by atoms with Crippen molar-refractivity contribution in [1.29, 1.82) is 0 Å². The molecule has 4 nitrogen and oxygen atoms in total. The molecular weight excluding hydrogens is 252 g/mol. The van der Waals surface area contributed by atoms with Crippen LogP contribution in [-0.2, 0) is 11.2 Å². The van der Waals surface area contributed by atoms with E-state index in [2.05, 4.69) is 36.1 Å².